The SMILES string of the molecule is CC(=O)[C@H]1[C@@H]2Cc3cc(OCc4cccc(-c5ccc(OCCC(C)(C)O)cc5C(F)(F)F)c4)ncc3[C@@H]21. The number of hydrogen-bond acceptors (Lipinski definition) is 5. The van der Waals surface area contributed by atoms with Crippen LogP contribution in [0.25, 0.3) is 11.1 Å². The van der Waals surface area contributed by atoms with Crippen molar-refractivity contribution in [3.63, 3.8) is 0 Å². The number of benzene rings is 2. The molecule has 0 unspecified atom stereocenters. The molecule has 5 nitrogen and oxygen atoms in total. The molecule has 2 aromatic carbocycles. The molecular weight excluding hydrogens is 495 g/mol. The van der Waals surface area contributed by atoms with Crippen LogP contribution in [0, 0.1) is 11.8 Å². The van der Waals surface area contributed by atoms with Gasteiger partial charge in [0, 0.05) is 24.6 Å². The third-order valence-corrected chi connectivity index (χ3v) is 7.36. The first-order valence-electron chi connectivity index (χ1n) is 12.7. The molecule has 200 valence electrons. The Bertz CT molecular complexity index is 1360. The van der Waals surface area contributed by atoms with E-state index >= 15 is 0 Å². The third-order valence-electron chi connectivity index (χ3n) is 7.36. The zero-order valence-corrected chi connectivity index (χ0v) is 21.5. The Kier molecular flexibility index (Phi) is 6.71. The lowest BCUT2D eigenvalue weighted by Gasteiger charge is -2.19. The highest BCUT2D eigenvalue weighted by molar-refractivity contribution is 5.84. The lowest BCUT2D eigenvalue weighted by Crippen LogP contribution is -2.21. The molecule has 0 aliphatic heterocycles. The maximum atomic E-state index is 14.0. The summed E-state index contributed by atoms with van der Waals surface area (Å²) >= 11 is 0. The van der Waals surface area contributed by atoms with Crippen molar-refractivity contribution in [2.75, 3.05) is 6.61 Å². The van der Waals surface area contributed by atoms with E-state index in [0.717, 1.165) is 23.6 Å². The number of aliphatic hydroxyl groups is 1. The monoisotopic (exact) mass is 525 g/mol. The van der Waals surface area contributed by atoms with Crippen molar-refractivity contribution in [3.8, 4) is 22.8 Å². The number of carbonyl (C=O) groups is 1. The van der Waals surface area contributed by atoms with Crippen LogP contribution in [-0.4, -0.2) is 28.1 Å². The highest BCUT2D eigenvalue weighted by atomic mass is 19.4. The number of ether oxygens (including phenoxy) is 2. The van der Waals surface area contributed by atoms with Crippen molar-refractivity contribution in [2.24, 2.45) is 11.8 Å². The van der Waals surface area contributed by atoms with E-state index in [2.05, 4.69) is 4.98 Å². The number of halogens is 3. The van der Waals surface area contributed by atoms with Gasteiger partial charge in [0.25, 0.3) is 0 Å². The van der Waals surface area contributed by atoms with Crippen LogP contribution in [0.15, 0.2) is 54.7 Å². The second-order valence-corrected chi connectivity index (χ2v) is 10.9. The fraction of sp³-hybridized carbons (Fsp3) is 0.400. The minimum absolute atomic E-state index is 0.0455. The Hall–Kier alpha value is -3.39. The van der Waals surface area contributed by atoms with E-state index in [9.17, 15) is 23.1 Å². The molecule has 5 rings (SSSR count). The van der Waals surface area contributed by atoms with Crippen molar-refractivity contribution < 1.29 is 32.5 Å². The normalized spacial score (nSPS) is 20.0. The van der Waals surface area contributed by atoms with Gasteiger partial charge in [-0.25, -0.2) is 4.98 Å². The maximum absolute atomic E-state index is 14.0. The van der Waals surface area contributed by atoms with Gasteiger partial charge in [-0.1, -0.05) is 24.3 Å². The Labute approximate surface area is 219 Å². The third kappa shape index (κ3) is 5.55. The number of ketones is 1. The van der Waals surface area contributed by atoms with Crippen LogP contribution in [0.1, 0.15) is 55.4 Å². The summed E-state index contributed by atoms with van der Waals surface area (Å²) in [5.41, 5.74) is 1.68. The molecule has 0 radical (unpaired) electrons. The Morgan fingerprint density at radius 2 is 1.89 bits per heavy atom. The summed E-state index contributed by atoms with van der Waals surface area (Å²) in [5.74, 6) is 1.55. The van der Waals surface area contributed by atoms with E-state index in [1.54, 1.807) is 51.2 Å². The Morgan fingerprint density at radius 1 is 1.11 bits per heavy atom. The first-order chi connectivity index (χ1) is 17.9. The fourth-order valence-corrected chi connectivity index (χ4v) is 5.41. The van der Waals surface area contributed by atoms with E-state index in [4.69, 9.17) is 9.47 Å². The number of alkyl halides is 3. The molecule has 3 aromatic rings. The van der Waals surface area contributed by atoms with Crippen molar-refractivity contribution in [1.82, 2.24) is 4.98 Å². The van der Waals surface area contributed by atoms with Crippen LogP contribution in [0.3, 0.4) is 0 Å². The van der Waals surface area contributed by atoms with Crippen LogP contribution in [0.5, 0.6) is 11.6 Å². The first-order valence-corrected chi connectivity index (χ1v) is 12.7. The maximum Gasteiger partial charge on any atom is 0.417 e. The zero-order valence-electron chi connectivity index (χ0n) is 21.5. The molecule has 1 aromatic heterocycles. The smallest absolute Gasteiger partial charge is 0.417 e. The zero-order chi connectivity index (χ0) is 27.2. The summed E-state index contributed by atoms with van der Waals surface area (Å²) in [7, 11) is 0. The highest BCUT2D eigenvalue weighted by Gasteiger charge is 2.58. The minimum atomic E-state index is -4.58. The first kappa shape index (κ1) is 26.2. The van der Waals surface area contributed by atoms with Gasteiger partial charge in [0.1, 0.15) is 18.1 Å². The second-order valence-electron chi connectivity index (χ2n) is 10.9. The summed E-state index contributed by atoms with van der Waals surface area (Å²) in [6.07, 6.45) is -1.66. The number of hydrogen-bond donors (Lipinski definition) is 1. The lowest BCUT2D eigenvalue weighted by atomic mass is 9.97. The van der Waals surface area contributed by atoms with Crippen LogP contribution >= 0.6 is 0 Å². The quantitative estimate of drug-likeness (QED) is 0.352. The van der Waals surface area contributed by atoms with Gasteiger partial charge in [-0.2, -0.15) is 13.2 Å². The molecule has 1 N–H and O–H groups in total. The topological polar surface area (TPSA) is 68.7 Å². The molecule has 1 heterocycles. The summed E-state index contributed by atoms with van der Waals surface area (Å²) in [6.45, 7) is 5.13. The fourth-order valence-electron chi connectivity index (χ4n) is 5.41. The molecule has 38 heavy (non-hydrogen) atoms. The molecular formula is C30H30F3NO4. The molecule has 2 aliphatic rings. The van der Waals surface area contributed by atoms with Gasteiger partial charge in [-0.3, -0.25) is 4.79 Å². The molecule has 3 atom stereocenters. The lowest BCUT2D eigenvalue weighted by molar-refractivity contribution is -0.137. The number of pyridine rings is 1. The summed E-state index contributed by atoms with van der Waals surface area (Å²) in [6, 6.07) is 12.6. The van der Waals surface area contributed by atoms with Crippen LogP contribution < -0.4 is 9.47 Å². The van der Waals surface area contributed by atoms with E-state index in [1.807, 2.05) is 6.07 Å². The van der Waals surface area contributed by atoms with E-state index in [0.29, 0.717) is 22.9 Å². The summed E-state index contributed by atoms with van der Waals surface area (Å²) < 4.78 is 53.2. The summed E-state index contributed by atoms with van der Waals surface area (Å²) in [5, 5.41) is 9.81. The van der Waals surface area contributed by atoms with Crippen molar-refractivity contribution in [1.29, 1.82) is 0 Å². The van der Waals surface area contributed by atoms with Gasteiger partial charge in [0.15, 0.2) is 0 Å². The predicted molar refractivity (Wildman–Crippen MR) is 136 cm³/mol. The van der Waals surface area contributed by atoms with Crippen LogP contribution in [0.4, 0.5) is 13.2 Å². The number of aromatic nitrogens is 1. The van der Waals surface area contributed by atoms with Gasteiger partial charge in [-0.05, 0) is 85.0 Å². The molecule has 8 heteroatoms. The average Bonchev–Trinajstić information content (AvgIpc) is 3.44. The van der Waals surface area contributed by atoms with Crippen molar-refractivity contribution in [3.05, 3.63) is 77.0 Å². The Morgan fingerprint density at radius 3 is 2.61 bits per heavy atom. The molecule has 2 aliphatic carbocycles. The van der Waals surface area contributed by atoms with E-state index in [-0.39, 0.29) is 48.6 Å². The average molecular weight is 526 g/mol. The number of carbonyl (C=O) groups excluding carboxylic acids is 1. The van der Waals surface area contributed by atoms with Gasteiger partial charge in [0.05, 0.1) is 17.8 Å². The van der Waals surface area contributed by atoms with E-state index in [1.165, 1.54) is 12.1 Å². The standard InChI is InChI=1S/C30H30F3NO4/c1-17(35)27-23-12-20-13-26(34-15-24(20)28(23)27)38-16-18-5-4-6-19(11-18)22-8-7-21(14-25(22)30(31,32)33)37-10-9-29(2,3)36/h4-8,11,13-15,23,27-28,36H,9-10,12,16H2,1-3H3/t23-,27-,28+/m0/s1. The van der Waals surface area contributed by atoms with E-state index < -0.39 is 17.3 Å². The second kappa shape index (κ2) is 9.73. The number of fused-ring (bicyclic) bond motifs is 3. The van der Waals surface area contributed by atoms with Crippen LogP contribution in [0.2, 0.25) is 0 Å². The van der Waals surface area contributed by atoms with Gasteiger partial charge < -0.3 is 14.6 Å². The highest BCUT2D eigenvalue weighted by Crippen LogP contribution is 2.61. The summed E-state index contributed by atoms with van der Waals surface area (Å²) in [4.78, 5) is 16.1. The van der Waals surface area contributed by atoms with Gasteiger partial charge >= 0.3 is 6.18 Å². The predicted octanol–water partition coefficient (Wildman–Crippen LogP) is 6.36. The molecule has 0 amide bonds. The Balaban J connectivity index is 1.29. The molecule has 0 spiro atoms. The largest absolute Gasteiger partial charge is 0.493 e. The number of rotatable bonds is 9. The molecule has 0 saturated heterocycles. The minimum Gasteiger partial charge on any atom is -0.493 e. The van der Waals surface area contributed by atoms with Gasteiger partial charge in [0.2, 0.25) is 5.88 Å². The molecule has 1 fully saturated rings. The van der Waals surface area contributed by atoms with Gasteiger partial charge in [-0.15, -0.1) is 0 Å². The van der Waals surface area contributed by atoms with Crippen molar-refractivity contribution >= 4 is 5.78 Å². The van der Waals surface area contributed by atoms with Crippen LogP contribution in [-0.2, 0) is 24.0 Å². The number of Topliss-reactive ketones (excluding diaryl/α,β-unsaturated/α-hetero) is 1. The number of nitrogens with zero attached hydrogens (tertiary/aromatic N) is 1. The molecule has 1 saturated carbocycles. The van der Waals surface area contributed by atoms with Crippen molar-refractivity contribution in [2.45, 2.75) is 57.9 Å². The molecule has 0 bridgehead atoms.